The first-order valence-corrected chi connectivity index (χ1v) is 9.41. The van der Waals surface area contributed by atoms with E-state index in [1.54, 1.807) is 5.56 Å². The Morgan fingerprint density at radius 2 is 1.87 bits per heavy atom. The lowest BCUT2D eigenvalue weighted by atomic mass is 9.91. The summed E-state index contributed by atoms with van der Waals surface area (Å²) >= 11 is 0. The van der Waals surface area contributed by atoms with Crippen molar-refractivity contribution < 1.29 is 4.74 Å². The molecule has 1 atom stereocenters. The van der Waals surface area contributed by atoms with Crippen LogP contribution in [0.3, 0.4) is 0 Å². The molecule has 2 aliphatic heterocycles. The van der Waals surface area contributed by atoms with Crippen LogP contribution >= 0.6 is 0 Å². The zero-order chi connectivity index (χ0) is 16.2. The molecule has 3 nitrogen and oxygen atoms in total. The summed E-state index contributed by atoms with van der Waals surface area (Å²) in [6.45, 7) is 9.72. The van der Waals surface area contributed by atoms with Crippen LogP contribution in [0.5, 0.6) is 5.75 Å². The zero-order valence-corrected chi connectivity index (χ0v) is 15.1. The standard InChI is InChI=1S/C20H32N2O/c1-4-19-12-16-11-18(15-22-9-7-6-8-10-22)20(23-5-2)13-17(16)14-21(19)3/h11,13,19H,4-10,12,14-15H2,1-3H3. The van der Waals surface area contributed by atoms with E-state index in [-0.39, 0.29) is 0 Å². The minimum absolute atomic E-state index is 0.684. The molecule has 1 saturated heterocycles. The van der Waals surface area contributed by atoms with Crippen molar-refractivity contribution in [1.29, 1.82) is 0 Å². The summed E-state index contributed by atoms with van der Waals surface area (Å²) in [6, 6.07) is 5.45. The van der Waals surface area contributed by atoms with Gasteiger partial charge in [-0.2, -0.15) is 0 Å². The van der Waals surface area contributed by atoms with Crippen molar-refractivity contribution in [2.45, 2.75) is 65.1 Å². The molecule has 0 radical (unpaired) electrons. The maximum Gasteiger partial charge on any atom is 0.124 e. The van der Waals surface area contributed by atoms with E-state index in [1.165, 1.54) is 56.3 Å². The van der Waals surface area contributed by atoms with Gasteiger partial charge in [0.15, 0.2) is 0 Å². The van der Waals surface area contributed by atoms with Crippen molar-refractivity contribution in [3.63, 3.8) is 0 Å². The van der Waals surface area contributed by atoms with E-state index in [2.05, 4.69) is 42.8 Å². The van der Waals surface area contributed by atoms with E-state index in [0.29, 0.717) is 6.04 Å². The average Bonchev–Trinajstić information content (AvgIpc) is 2.56. The molecular weight excluding hydrogens is 284 g/mol. The Balaban J connectivity index is 1.85. The maximum atomic E-state index is 5.99. The van der Waals surface area contributed by atoms with Crippen LogP contribution in [0.25, 0.3) is 0 Å². The van der Waals surface area contributed by atoms with Crippen molar-refractivity contribution in [1.82, 2.24) is 9.80 Å². The number of hydrogen-bond donors (Lipinski definition) is 0. The van der Waals surface area contributed by atoms with E-state index >= 15 is 0 Å². The molecule has 1 fully saturated rings. The smallest absolute Gasteiger partial charge is 0.124 e. The van der Waals surface area contributed by atoms with Gasteiger partial charge in [-0.15, -0.1) is 0 Å². The summed E-state index contributed by atoms with van der Waals surface area (Å²) in [7, 11) is 2.25. The Hall–Kier alpha value is -1.06. The first-order valence-electron chi connectivity index (χ1n) is 9.41. The summed E-state index contributed by atoms with van der Waals surface area (Å²) < 4.78 is 5.99. The second kappa shape index (κ2) is 7.67. The van der Waals surface area contributed by atoms with Crippen LogP contribution < -0.4 is 4.74 Å². The highest BCUT2D eigenvalue weighted by Gasteiger charge is 2.24. The highest BCUT2D eigenvalue weighted by atomic mass is 16.5. The van der Waals surface area contributed by atoms with E-state index < -0.39 is 0 Å². The lowest BCUT2D eigenvalue weighted by Gasteiger charge is -2.34. The molecule has 0 N–H and O–H groups in total. The summed E-state index contributed by atoms with van der Waals surface area (Å²) in [4.78, 5) is 5.09. The molecule has 2 heterocycles. The molecule has 128 valence electrons. The Bertz CT molecular complexity index is 523. The third-order valence-electron chi connectivity index (χ3n) is 5.50. The lowest BCUT2D eigenvalue weighted by Crippen LogP contribution is -2.37. The molecule has 3 heteroatoms. The molecule has 0 amide bonds. The number of fused-ring (bicyclic) bond motifs is 1. The van der Waals surface area contributed by atoms with E-state index in [1.807, 2.05) is 0 Å². The fourth-order valence-electron chi connectivity index (χ4n) is 4.09. The number of likely N-dealkylation sites (tertiary alicyclic amines) is 1. The summed E-state index contributed by atoms with van der Waals surface area (Å²) in [5.41, 5.74) is 4.40. The van der Waals surface area contributed by atoms with Crippen LogP contribution in [0.4, 0.5) is 0 Å². The number of likely N-dealkylation sites (N-methyl/N-ethyl adjacent to an activating group) is 1. The second-order valence-electron chi connectivity index (χ2n) is 7.18. The Morgan fingerprint density at radius 3 is 2.57 bits per heavy atom. The number of hydrogen-bond acceptors (Lipinski definition) is 3. The highest BCUT2D eigenvalue weighted by molar-refractivity contribution is 5.44. The molecule has 0 aromatic heterocycles. The van der Waals surface area contributed by atoms with Crippen LogP contribution in [0.1, 0.15) is 56.2 Å². The molecule has 2 aliphatic rings. The van der Waals surface area contributed by atoms with Crippen LogP contribution in [-0.2, 0) is 19.5 Å². The third-order valence-corrected chi connectivity index (χ3v) is 5.50. The van der Waals surface area contributed by atoms with Gasteiger partial charge in [0.05, 0.1) is 6.61 Å². The second-order valence-corrected chi connectivity index (χ2v) is 7.18. The van der Waals surface area contributed by atoms with Crippen molar-refractivity contribution in [2.24, 2.45) is 0 Å². The highest BCUT2D eigenvalue weighted by Crippen LogP contribution is 2.31. The van der Waals surface area contributed by atoms with Crippen molar-refractivity contribution in [2.75, 3.05) is 26.7 Å². The van der Waals surface area contributed by atoms with Gasteiger partial charge in [0.25, 0.3) is 0 Å². The number of rotatable bonds is 5. The quantitative estimate of drug-likeness (QED) is 0.821. The first kappa shape index (κ1) is 16.8. The van der Waals surface area contributed by atoms with Gasteiger partial charge in [-0.05, 0) is 69.9 Å². The lowest BCUT2D eigenvalue weighted by molar-refractivity contribution is 0.206. The largest absolute Gasteiger partial charge is 0.494 e. The van der Waals surface area contributed by atoms with Gasteiger partial charge in [-0.25, -0.2) is 0 Å². The van der Waals surface area contributed by atoms with Crippen LogP contribution in [0, 0.1) is 0 Å². The summed E-state index contributed by atoms with van der Waals surface area (Å²) in [5, 5.41) is 0. The van der Waals surface area contributed by atoms with Gasteiger partial charge in [0.2, 0.25) is 0 Å². The van der Waals surface area contributed by atoms with Crippen molar-refractivity contribution in [3.05, 3.63) is 28.8 Å². The zero-order valence-electron chi connectivity index (χ0n) is 15.1. The normalized spacial score (nSPS) is 22.8. The fourth-order valence-corrected chi connectivity index (χ4v) is 4.09. The van der Waals surface area contributed by atoms with E-state index in [9.17, 15) is 0 Å². The van der Waals surface area contributed by atoms with Gasteiger partial charge < -0.3 is 4.74 Å². The number of benzene rings is 1. The minimum atomic E-state index is 0.684. The molecule has 23 heavy (non-hydrogen) atoms. The Morgan fingerprint density at radius 1 is 1.09 bits per heavy atom. The molecule has 1 unspecified atom stereocenters. The molecular formula is C20H32N2O. The molecule has 1 aromatic rings. The number of ether oxygens (including phenoxy) is 1. The Kier molecular flexibility index (Phi) is 5.60. The Labute approximate surface area is 141 Å². The maximum absolute atomic E-state index is 5.99. The first-order chi connectivity index (χ1) is 11.2. The van der Waals surface area contributed by atoms with Gasteiger partial charge in [-0.1, -0.05) is 19.4 Å². The number of piperidine rings is 1. The molecule has 1 aromatic carbocycles. The fraction of sp³-hybridized carbons (Fsp3) is 0.700. The average molecular weight is 316 g/mol. The summed E-state index contributed by atoms with van der Waals surface area (Å²) in [6.07, 6.45) is 6.49. The van der Waals surface area contributed by atoms with Gasteiger partial charge in [0, 0.05) is 24.7 Å². The topological polar surface area (TPSA) is 15.7 Å². The van der Waals surface area contributed by atoms with Crippen molar-refractivity contribution >= 4 is 0 Å². The van der Waals surface area contributed by atoms with Gasteiger partial charge in [0.1, 0.15) is 5.75 Å². The van der Waals surface area contributed by atoms with Crippen LogP contribution in [0.2, 0.25) is 0 Å². The van der Waals surface area contributed by atoms with Crippen LogP contribution in [-0.4, -0.2) is 42.6 Å². The van der Waals surface area contributed by atoms with Crippen LogP contribution in [0.15, 0.2) is 12.1 Å². The molecule has 3 rings (SSSR count). The minimum Gasteiger partial charge on any atom is -0.494 e. The van der Waals surface area contributed by atoms with Gasteiger partial charge >= 0.3 is 0 Å². The number of nitrogens with zero attached hydrogens (tertiary/aromatic N) is 2. The summed E-state index contributed by atoms with van der Waals surface area (Å²) in [5.74, 6) is 1.11. The molecule has 0 bridgehead atoms. The van der Waals surface area contributed by atoms with Gasteiger partial charge in [-0.3, -0.25) is 9.80 Å². The predicted molar refractivity (Wildman–Crippen MR) is 96.0 cm³/mol. The van der Waals surface area contributed by atoms with E-state index in [4.69, 9.17) is 4.74 Å². The van der Waals surface area contributed by atoms with Crippen molar-refractivity contribution in [3.8, 4) is 5.75 Å². The SMILES string of the molecule is CCOc1cc2c(cc1CN1CCCCC1)CC(CC)N(C)C2. The molecule has 0 spiro atoms. The monoisotopic (exact) mass is 316 g/mol. The molecule has 0 saturated carbocycles. The van der Waals surface area contributed by atoms with E-state index in [0.717, 1.165) is 25.4 Å². The third kappa shape index (κ3) is 3.89. The predicted octanol–water partition coefficient (Wildman–Crippen LogP) is 3.84. The molecule has 0 aliphatic carbocycles.